The summed E-state index contributed by atoms with van der Waals surface area (Å²) < 4.78 is 5.10. The molecule has 0 amide bonds. The first kappa shape index (κ1) is 8.38. The van der Waals surface area contributed by atoms with Gasteiger partial charge in [-0.2, -0.15) is 0 Å². The van der Waals surface area contributed by atoms with E-state index >= 15 is 0 Å². The second-order valence-corrected chi connectivity index (χ2v) is 3.26. The normalized spacial score (nSPS) is 20.3. The predicted octanol–water partition coefficient (Wildman–Crippen LogP) is 1.02. The van der Waals surface area contributed by atoms with Crippen LogP contribution in [0.5, 0.6) is 5.75 Å². The molecule has 0 aromatic heterocycles. The lowest BCUT2D eigenvalue weighted by atomic mass is 10.0. The van der Waals surface area contributed by atoms with Crippen molar-refractivity contribution in [3.8, 4) is 5.75 Å². The van der Waals surface area contributed by atoms with E-state index in [-0.39, 0.29) is 6.10 Å². The molecular formula is C10H13NO2. The van der Waals surface area contributed by atoms with Crippen LogP contribution in [0, 0.1) is 0 Å². The lowest BCUT2D eigenvalue weighted by Crippen LogP contribution is -2.27. The lowest BCUT2D eigenvalue weighted by molar-refractivity contribution is 0.184. The van der Waals surface area contributed by atoms with Gasteiger partial charge in [0.15, 0.2) is 0 Å². The highest BCUT2D eigenvalue weighted by Crippen LogP contribution is 2.26. The highest BCUT2D eigenvalue weighted by atomic mass is 16.5. The SMILES string of the molecule is COc1ccc2c(c1)NC[C@H](O)C2. The molecule has 2 rings (SSSR count). The molecule has 2 N–H and O–H groups in total. The fourth-order valence-electron chi connectivity index (χ4n) is 1.58. The Bertz CT molecular complexity index is 312. The molecule has 0 aliphatic carbocycles. The highest BCUT2D eigenvalue weighted by Gasteiger charge is 2.15. The fraction of sp³-hybridized carbons (Fsp3) is 0.400. The van der Waals surface area contributed by atoms with Crippen molar-refractivity contribution < 1.29 is 9.84 Å². The van der Waals surface area contributed by atoms with Gasteiger partial charge in [-0.15, -0.1) is 0 Å². The number of hydrogen-bond acceptors (Lipinski definition) is 3. The summed E-state index contributed by atoms with van der Waals surface area (Å²) in [5.41, 5.74) is 2.23. The van der Waals surface area contributed by atoms with Crippen molar-refractivity contribution >= 4 is 5.69 Å². The van der Waals surface area contributed by atoms with Gasteiger partial charge in [0.2, 0.25) is 0 Å². The van der Waals surface area contributed by atoms with Gasteiger partial charge >= 0.3 is 0 Å². The first-order chi connectivity index (χ1) is 6.29. The van der Waals surface area contributed by atoms with Gasteiger partial charge in [-0.25, -0.2) is 0 Å². The smallest absolute Gasteiger partial charge is 0.120 e. The first-order valence-corrected chi connectivity index (χ1v) is 4.38. The van der Waals surface area contributed by atoms with Crippen molar-refractivity contribution in [2.75, 3.05) is 19.0 Å². The molecule has 0 bridgehead atoms. The number of ether oxygens (including phenoxy) is 1. The summed E-state index contributed by atoms with van der Waals surface area (Å²) in [7, 11) is 1.65. The van der Waals surface area contributed by atoms with E-state index in [0.29, 0.717) is 6.54 Å². The van der Waals surface area contributed by atoms with E-state index in [9.17, 15) is 5.11 Å². The zero-order chi connectivity index (χ0) is 9.26. The third kappa shape index (κ3) is 1.60. The third-order valence-electron chi connectivity index (χ3n) is 2.30. The summed E-state index contributed by atoms with van der Waals surface area (Å²) in [5.74, 6) is 0.850. The summed E-state index contributed by atoms with van der Waals surface area (Å²) >= 11 is 0. The van der Waals surface area contributed by atoms with Crippen molar-refractivity contribution in [2.45, 2.75) is 12.5 Å². The van der Waals surface area contributed by atoms with Crippen LogP contribution in [0.15, 0.2) is 18.2 Å². The number of methoxy groups -OCH3 is 1. The van der Waals surface area contributed by atoms with Gasteiger partial charge in [-0.3, -0.25) is 0 Å². The van der Waals surface area contributed by atoms with Crippen LogP contribution in [-0.4, -0.2) is 24.9 Å². The number of fused-ring (bicyclic) bond motifs is 1. The Kier molecular flexibility index (Phi) is 2.10. The Morgan fingerprint density at radius 2 is 2.38 bits per heavy atom. The maximum Gasteiger partial charge on any atom is 0.120 e. The van der Waals surface area contributed by atoms with Crippen LogP contribution in [0.4, 0.5) is 5.69 Å². The largest absolute Gasteiger partial charge is 0.497 e. The van der Waals surface area contributed by atoms with Crippen LogP contribution in [0.25, 0.3) is 0 Å². The maximum atomic E-state index is 9.39. The zero-order valence-corrected chi connectivity index (χ0v) is 7.58. The zero-order valence-electron chi connectivity index (χ0n) is 7.58. The molecule has 0 unspecified atom stereocenters. The van der Waals surface area contributed by atoms with Crippen LogP contribution >= 0.6 is 0 Å². The van der Waals surface area contributed by atoms with E-state index in [4.69, 9.17) is 4.74 Å². The van der Waals surface area contributed by atoms with Crippen molar-refractivity contribution in [3.63, 3.8) is 0 Å². The number of nitrogens with one attached hydrogen (secondary N) is 1. The van der Waals surface area contributed by atoms with E-state index in [1.54, 1.807) is 7.11 Å². The lowest BCUT2D eigenvalue weighted by Gasteiger charge is -2.22. The first-order valence-electron chi connectivity index (χ1n) is 4.38. The molecule has 1 aromatic carbocycles. The highest BCUT2D eigenvalue weighted by molar-refractivity contribution is 5.57. The maximum absolute atomic E-state index is 9.39. The number of aliphatic hydroxyl groups is 1. The number of β-amino-alcohol motifs (C(OH)–C–C–N with tert-alkyl or cyclic N) is 1. The molecule has 0 saturated heterocycles. The van der Waals surface area contributed by atoms with Crippen molar-refractivity contribution in [3.05, 3.63) is 23.8 Å². The van der Waals surface area contributed by atoms with Gasteiger partial charge in [0, 0.05) is 24.7 Å². The van der Waals surface area contributed by atoms with Gasteiger partial charge in [-0.1, -0.05) is 6.07 Å². The van der Waals surface area contributed by atoms with E-state index in [1.807, 2.05) is 18.2 Å². The van der Waals surface area contributed by atoms with E-state index in [0.717, 1.165) is 23.4 Å². The molecule has 1 aromatic rings. The van der Waals surface area contributed by atoms with Crippen molar-refractivity contribution in [1.29, 1.82) is 0 Å². The third-order valence-corrected chi connectivity index (χ3v) is 2.30. The summed E-state index contributed by atoms with van der Waals surface area (Å²) in [5, 5.41) is 12.5. The number of rotatable bonds is 1. The minimum atomic E-state index is -0.263. The van der Waals surface area contributed by atoms with Gasteiger partial charge in [-0.05, 0) is 11.6 Å². The summed E-state index contributed by atoms with van der Waals surface area (Å²) in [4.78, 5) is 0. The average Bonchev–Trinajstić information content (AvgIpc) is 2.17. The molecule has 3 heteroatoms. The summed E-state index contributed by atoms with van der Waals surface area (Å²) in [6.45, 7) is 0.625. The van der Waals surface area contributed by atoms with Crippen LogP contribution in [0.1, 0.15) is 5.56 Å². The van der Waals surface area contributed by atoms with Gasteiger partial charge in [0.25, 0.3) is 0 Å². The van der Waals surface area contributed by atoms with Gasteiger partial charge in [0.05, 0.1) is 13.2 Å². The van der Waals surface area contributed by atoms with Crippen molar-refractivity contribution in [2.24, 2.45) is 0 Å². The summed E-state index contributed by atoms with van der Waals surface area (Å²) in [6, 6.07) is 5.86. The molecule has 0 saturated carbocycles. The Balaban J connectivity index is 2.31. The predicted molar refractivity (Wildman–Crippen MR) is 51.2 cm³/mol. The van der Waals surface area contributed by atoms with Crippen LogP contribution in [0.3, 0.4) is 0 Å². The Morgan fingerprint density at radius 1 is 1.54 bits per heavy atom. The monoisotopic (exact) mass is 179 g/mol. The van der Waals surface area contributed by atoms with E-state index in [2.05, 4.69) is 5.32 Å². The fourth-order valence-corrected chi connectivity index (χ4v) is 1.58. The van der Waals surface area contributed by atoms with Gasteiger partial charge < -0.3 is 15.2 Å². The molecule has 1 aliphatic rings. The second-order valence-electron chi connectivity index (χ2n) is 3.26. The molecule has 70 valence electrons. The molecule has 0 spiro atoms. The van der Waals surface area contributed by atoms with Gasteiger partial charge in [0.1, 0.15) is 5.75 Å². The number of aliphatic hydroxyl groups excluding tert-OH is 1. The topological polar surface area (TPSA) is 41.5 Å². The molecule has 0 radical (unpaired) electrons. The quantitative estimate of drug-likeness (QED) is 0.676. The minimum absolute atomic E-state index is 0.263. The van der Waals surface area contributed by atoms with E-state index in [1.165, 1.54) is 0 Å². The molecule has 3 nitrogen and oxygen atoms in total. The Labute approximate surface area is 77.3 Å². The van der Waals surface area contributed by atoms with E-state index < -0.39 is 0 Å². The minimum Gasteiger partial charge on any atom is -0.497 e. The van der Waals surface area contributed by atoms with Crippen molar-refractivity contribution in [1.82, 2.24) is 0 Å². The number of benzene rings is 1. The molecule has 1 aliphatic heterocycles. The van der Waals surface area contributed by atoms with Crippen LogP contribution in [0.2, 0.25) is 0 Å². The average molecular weight is 179 g/mol. The second kappa shape index (κ2) is 3.26. The van der Waals surface area contributed by atoms with Crippen LogP contribution < -0.4 is 10.1 Å². The number of anilines is 1. The number of hydrogen-bond donors (Lipinski definition) is 2. The molecule has 0 fully saturated rings. The molecule has 1 atom stereocenters. The Morgan fingerprint density at radius 3 is 3.15 bits per heavy atom. The summed E-state index contributed by atoms with van der Waals surface area (Å²) in [6.07, 6.45) is 0.465. The van der Waals surface area contributed by atoms with Crippen LogP contribution in [-0.2, 0) is 6.42 Å². The molecule has 1 heterocycles. The molecule has 13 heavy (non-hydrogen) atoms. The Hall–Kier alpha value is -1.22. The molecular weight excluding hydrogens is 166 g/mol. The standard InChI is InChI=1S/C10H13NO2/c1-13-9-3-2-7-4-8(12)6-11-10(7)5-9/h2-3,5,8,11-12H,4,6H2,1H3/t8-/m1/s1.